The molecule has 168 valence electrons. The number of amides is 3. The molecule has 1 aromatic carbocycles. The summed E-state index contributed by atoms with van der Waals surface area (Å²) < 4.78 is 5.24. The van der Waals surface area contributed by atoms with Crippen LogP contribution in [0.3, 0.4) is 0 Å². The number of piperidine rings is 1. The van der Waals surface area contributed by atoms with Crippen molar-refractivity contribution < 1.29 is 18.8 Å². The predicted octanol–water partition coefficient (Wildman–Crippen LogP) is 2.36. The Labute approximate surface area is 186 Å². The standard InChI is InChI=1S/C24H28N4O4/c1-16(29)27-22(13-18-14-25-21-7-3-2-6-20(18)21)24(31)28-10-8-17(9-11-28)23(30)26-15-19-5-4-12-32-19/h2-7,12,14,17,22,25H,8-11,13,15H2,1H3,(H,26,30)(H,27,29). The number of aromatic amines is 1. The Morgan fingerprint density at radius 3 is 2.66 bits per heavy atom. The first kappa shape index (κ1) is 21.7. The van der Waals surface area contributed by atoms with Crippen molar-refractivity contribution in [3.8, 4) is 0 Å². The van der Waals surface area contributed by atoms with Crippen LogP contribution in [0.25, 0.3) is 10.9 Å². The molecule has 0 spiro atoms. The third kappa shape index (κ3) is 5.01. The van der Waals surface area contributed by atoms with Crippen LogP contribution in [0, 0.1) is 5.92 Å². The van der Waals surface area contributed by atoms with Gasteiger partial charge in [-0.1, -0.05) is 18.2 Å². The third-order valence-corrected chi connectivity index (χ3v) is 5.97. The lowest BCUT2D eigenvalue weighted by molar-refractivity contribution is -0.139. The van der Waals surface area contributed by atoms with Crippen molar-refractivity contribution in [2.45, 2.75) is 38.8 Å². The minimum atomic E-state index is -0.643. The molecule has 3 heterocycles. The molecule has 1 aliphatic rings. The molecule has 3 amide bonds. The number of nitrogens with zero attached hydrogens (tertiary/aromatic N) is 1. The maximum Gasteiger partial charge on any atom is 0.245 e. The van der Waals surface area contributed by atoms with Crippen LogP contribution >= 0.6 is 0 Å². The summed E-state index contributed by atoms with van der Waals surface area (Å²) in [6, 6.07) is 10.9. The summed E-state index contributed by atoms with van der Waals surface area (Å²) >= 11 is 0. The van der Waals surface area contributed by atoms with E-state index in [1.807, 2.05) is 36.5 Å². The fourth-order valence-corrected chi connectivity index (χ4v) is 4.28. The van der Waals surface area contributed by atoms with Crippen molar-refractivity contribution in [3.63, 3.8) is 0 Å². The average Bonchev–Trinajstić information content (AvgIpc) is 3.47. The number of rotatable bonds is 7. The van der Waals surface area contributed by atoms with Crippen molar-refractivity contribution in [2.75, 3.05) is 13.1 Å². The Balaban J connectivity index is 1.35. The molecule has 8 heteroatoms. The lowest BCUT2D eigenvalue weighted by atomic mass is 9.94. The molecule has 2 aromatic heterocycles. The first-order chi connectivity index (χ1) is 15.5. The number of furan rings is 1. The maximum atomic E-state index is 13.2. The molecular formula is C24H28N4O4. The zero-order chi connectivity index (χ0) is 22.5. The van der Waals surface area contributed by atoms with Gasteiger partial charge in [0.2, 0.25) is 17.7 Å². The van der Waals surface area contributed by atoms with Crippen LogP contribution in [-0.4, -0.2) is 46.7 Å². The number of H-pyrrole nitrogens is 1. The molecule has 1 saturated heterocycles. The number of aromatic nitrogens is 1. The molecule has 1 aliphatic heterocycles. The highest BCUT2D eigenvalue weighted by Crippen LogP contribution is 2.22. The molecule has 3 N–H and O–H groups in total. The van der Waals surface area contributed by atoms with Gasteiger partial charge in [0.1, 0.15) is 11.8 Å². The van der Waals surface area contributed by atoms with E-state index in [2.05, 4.69) is 15.6 Å². The second-order valence-corrected chi connectivity index (χ2v) is 8.21. The summed E-state index contributed by atoms with van der Waals surface area (Å²) in [5.41, 5.74) is 1.98. The number of likely N-dealkylation sites (tertiary alicyclic amines) is 1. The van der Waals surface area contributed by atoms with Crippen LogP contribution in [0.5, 0.6) is 0 Å². The van der Waals surface area contributed by atoms with E-state index in [0.717, 1.165) is 16.5 Å². The zero-order valence-electron chi connectivity index (χ0n) is 18.1. The number of hydrogen-bond acceptors (Lipinski definition) is 4. The van der Waals surface area contributed by atoms with Crippen LogP contribution < -0.4 is 10.6 Å². The van der Waals surface area contributed by atoms with Crippen molar-refractivity contribution in [3.05, 3.63) is 60.2 Å². The molecule has 0 radical (unpaired) electrons. The lowest BCUT2D eigenvalue weighted by Crippen LogP contribution is -2.52. The van der Waals surface area contributed by atoms with Gasteiger partial charge >= 0.3 is 0 Å². The van der Waals surface area contributed by atoms with E-state index in [4.69, 9.17) is 4.42 Å². The smallest absolute Gasteiger partial charge is 0.245 e. The maximum absolute atomic E-state index is 13.2. The van der Waals surface area contributed by atoms with Crippen LogP contribution in [0.2, 0.25) is 0 Å². The molecule has 0 bridgehead atoms. The van der Waals surface area contributed by atoms with E-state index in [1.54, 1.807) is 17.2 Å². The molecule has 3 aromatic rings. The van der Waals surface area contributed by atoms with Gasteiger partial charge in [-0.2, -0.15) is 0 Å². The molecule has 1 fully saturated rings. The van der Waals surface area contributed by atoms with Gasteiger partial charge in [-0.05, 0) is 36.6 Å². The normalized spacial score (nSPS) is 15.5. The van der Waals surface area contributed by atoms with Crippen molar-refractivity contribution in [1.29, 1.82) is 0 Å². The number of carbonyl (C=O) groups is 3. The Morgan fingerprint density at radius 1 is 1.16 bits per heavy atom. The van der Waals surface area contributed by atoms with E-state index in [9.17, 15) is 14.4 Å². The fourth-order valence-electron chi connectivity index (χ4n) is 4.28. The highest BCUT2D eigenvalue weighted by atomic mass is 16.3. The fraction of sp³-hybridized carbons (Fsp3) is 0.375. The number of nitrogens with one attached hydrogen (secondary N) is 3. The third-order valence-electron chi connectivity index (χ3n) is 5.97. The van der Waals surface area contributed by atoms with Gasteiger partial charge in [-0.25, -0.2) is 0 Å². The first-order valence-corrected chi connectivity index (χ1v) is 10.9. The van der Waals surface area contributed by atoms with E-state index in [0.29, 0.717) is 44.7 Å². The topological polar surface area (TPSA) is 107 Å². The number of fused-ring (bicyclic) bond motifs is 1. The second kappa shape index (κ2) is 9.72. The molecule has 32 heavy (non-hydrogen) atoms. The minimum absolute atomic E-state index is 0.0225. The van der Waals surface area contributed by atoms with Crippen LogP contribution in [-0.2, 0) is 27.3 Å². The van der Waals surface area contributed by atoms with Crippen LogP contribution in [0.4, 0.5) is 0 Å². The molecule has 1 atom stereocenters. The summed E-state index contributed by atoms with van der Waals surface area (Å²) in [5.74, 6) is 0.198. The van der Waals surface area contributed by atoms with Gasteiger partial charge in [0.15, 0.2) is 0 Å². The van der Waals surface area contributed by atoms with Gasteiger partial charge < -0.3 is 24.9 Å². The summed E-state index contributed by atoms with van der Waals surface area (Å²) in [5, 5.41) is 6.76. The Kier molecular flexibility index (Phi) is 6.58. The highest BCUT2D eigenvalue weighted by Gasteiger charge is 2.31. The Hall–Kier alpha value is -3.55. The SMILES string of the molecule is CC(=O)NC(Cc1c[nH]c2ccccc12)C(=O)N1CCC(C(=O)NCc2ccco2)CC1. The second-order valence-electron chi connectivity index (χ2n) is 8.21. The van der Waals surface area contributed by atoms with Crippen molar-refractivity contribution in [2.24, 2.45) is 5.92 Å². The van der Waals surface area contributed by atoms with Gasteiger partial charge in [-0.3, -0.25) is 14.4 Å². The monoisotopic (exact) mass is 436 g/mol. The molecule has 8 nitrogen and oxygen atoms in total. The Bertz CT molecular complexity index is 1080. The quantitative estimate of drug-likeness (QED) is 0.528. The summed E-state index contributed by atoms with van der Waals surface area (Å²) in [7, 11) is 0. The molecule has 0 saturated carbocycles. The van der Waals surface area contributed by atoms with Gasteiger partial charge in [0, 0.05) is 49.5 Å². The van der Waals surface area contributed by atoms with Crippen LogP contribution in [0.1, 0.15) is 31.1 Å². The van der Waals surface area contributed by atoms with E-state index in [-0.39, 0.29) is 23.6 Å². The van der Waals surface area contributed by atoms with Gasteiger partial charge in [0.05, 0.1) is 12.8 Å². The number of benzene rings is 1. The molecule has 1 unspecified atom stereocenters. The van der Waals surface area contributed by atoms with Gasteiger partial charge in [0.25, 0.3) is 0 Å². The van der Waals surface area contributed by atoms with E-state index >= 15 is 0 Å². The number of para-hydroxylation sites is 1. The Morgan fingerprint density at radius 2 is 1.94 bits per heavy atom. The number of hydrogen-bond donors (Lipinski definition) is 3. The summed E-state index contributed by atoms with van der Waals surface area (Å²) in [6.45, 7) is 2.76. The summed E-state index contributed by atoms with van der Waals surface area (Å²) in [4.78, 5) is 42.5. The average molecular weight is 437 g/mol. The zero-order valence-corrected chi connectivity index (χ0v) is 18.1. The number of carbonyl (C=O) groups excluding carboxylic acids is 3. The molecular weight excluding hydrogens is 408 g/mol. The van der Waals surface area contributed by atoms with E-state index in [1.165, 1.54) is 6.92 Å². The van der Waals surface area contributed by atoms with Crippen molar-refractivity contribution >= 4 is 28.6 Å². The molecule has 0 aliphatic carbocycles. The largest absolute Gasteiger partial charge is 0.467 e. The van der Waals surface area contributed by atoms with E-state index < -0.39 is 6.04 Å². The van der Waals surface area contributed by atoms with Crippen LogP contribution in [0.15, 0.2) is 53.3 Å². The van der Waals surface area contributed by atoms with Gasteiger partial charge in [-0.15, -0.1) is 0 Å². The minimum Gasteiger partial charge on any atom is -0.467 e. The predicted molar refractivity (Wildman–Crippen MR) is 119 cm³/mol. The first-order valence-electron chi connectivity index (χ1n) is 10.9. The van der Waals surface area contributed by atoms with Crippen molar-refractivity contribution in [1.82, 2.24) is 20.5 Å². The summed E-state index contributed by atoms with van der Waals surface area (Å²) in [6.07, 6.45) is 5.06. The lowest BCUT2D eigenvalue weighted by Gasteiger charge is -2.33. The highest BCUT2D eigenvalue weighted by molar-refractivity contribution is 5.89. The molecule has 4 rings (SSSR count).